The van der Waals surface area contributed by atoms with E-state index in [-0.39, 0.29) is 15.7 Å². The van der Waals surface area contributed by atoms with E-state index in [0.717, 1.165) is 23.9 Å². The number of fused-ring (bicyclic) bond motifs is 1. The van der Waals surface area contributed by atoms with Crippen molar-refractivity contribution in [1.82, 2.24) is 8.75 Å². The molecule has 1 aromatic heterocycles. The molecule has 0 saturated heterocycles. The molecule has 0 saturated carbocycles. The molecule has 3 N–H and O–H groups in total. The Labute approximate surface area is 154 Å². The lowest BCUT2D eigenvalue weighted by Gasteiger charge is -2.12. The number of sulfonamides is 1. The van der Waals surface area contributed by atoms with Crippen molar-refractivity contribution in [2.75, 3.05) is 4.72 Å². The van der Waals surface area contributed by atoms with Crippen LogP contribution in [0.5, 0.6) is 0 Å². The summed E-state index contributed by atoms with van der Waals surface area (Å²) in [5, 5.41) is 0. The van der Waals surface area contributed by atoms with Gasteiger partial charge >= 0.3 is 0 Å². The summed E-state index contributed by atoms with van der Waals surface area (Å²) in [7, 11) is -4.33. The average molecular weight is 445 g/mol. The van der Waals surface area contributed by atoms with Crippen LogP contribution in [0, 0.1) is 12.7 Å². The van der Waals surface area contributed by atoms with Crippen molar-refractivity contribution in [3.63, 3.8) is 0 Å². The monoisotopic (exact) mass is 444 g/mol. The Hall–Kier alpha value is -2.11. The molecule has 2 aromatic carbocycles. The third kappa shape index (κ3) is 3.22. The average Bonchev–Trinajstić information content (AvgIpc) is 2.98. The smallest absolute Gasteiger partial charge is 0.264 e. The third-order valence-electron chi connectivity index (χ3n) is 3.45. The zero-order valence-electron chi connectivity index (χ0n) is 12.6. The topological polar surface area (TPSA) is 115 Å². The van der Waals surface area contributed by atoms with Crippen molar-refractivity contribution in [1.29, 1.82) is 0 Å². The molecular formula is C14H10BrFN4O3S2. The molecule has 130 valence electrons. The van der Waals surface area contributed by atoms with Crippen molar-refractivity contribution in [2.24, 2.45) is 5.73 Å². The lowest BCUT2D eigenvalue weighted by molar-refractivity contribution is 0.0999. The largest absolute Gasteiger partial charge is 0.366 e. The number of nitrogens with one attached hydrogen (secondary N) is 1. The maximum atomic E-state index is 14.2. The first kappa shape index (κ1) is 17.7. The molecule has 7 nitrogen and oxygen atoms in total. The second-order valence-electron chi connectivity index (χ2n) is 5.12. The molecule has 11 heteroatoms. The van der Waals surface area contributed by atoms with Crippen LogP contribution in [-0.4, -0.2) is 23.1 Å². The van der Waals surface area contributed by atoms with Gasteiger partial charge in [0.25, 0.3) is 10.0 Å². The number of halogens is 2. The van der Waals surface area contributed by atoms with Crippen LogP contribution in [0.1, 0.15) is 15.9 Å². The van der Waals surface area contributed by atoms with E-state index in [2.05, 4.69) is 29.4 Å². The van der Waals surface area contributed by atoms with Gasteiger partial charge in [-0.3, -0.25) is 9.52 Å². The predicted molar refractivity (Wildman–Crippen MR) is 95.6 cm³/mol. The Morgan fingerprint density at radius 1 is 1.32 bits per heavy atom. The fraction of sp³-hybridized carbons (Fsp3) is 0.0714. The van der Waals surface area contributed by atoms with Crippen molar-refractivity contribution in [2.45, 2.75) is 11.8 Å². The molecule has 0 aliphatic carbocycles. The lowest BCUT2D eigenvalue weighted by atomic mass is 10.2. The molecule has 0 atom stereocenters. The number of carbonyl (C=O) groups is 1. The first-order chi connectivity index (χ1) is 11.7. The van der Waals surface area contributed by atoms with E-state index in [0.29, 0.717) is 16.6 Å². The summed E-state index contributed by atoms with van der Waals surface area (Å²) >= 11 is 3.91. The Kier molecular flexibility index (Phi) is 4.47. The molecule has 0 fully saturated rings. The lowest BCUT2D eigenvalue weighted by Crippen LogP contribution is -2.18. The maximum absolute atomic E-state index is 14.2. The summed E-state index contributed by atoms with van der Waals surface area (Å²) in [5.74, 6) is -1.91. The van der Waals surface area contributed by atoms with Gasteiger partial charge in [-0.15, -0.1) is 0 Å². The maximum Gasteiger partial charge on any atom is 0.264 e. The highest BCUT2D eigenvalue weighted by molar-refractivity contribution is 9.10. The number of aryl methyl sites for hydroxylation is 1. The number of rotatable bonds is 4. The van der Waals surface area contributed by atoms with Gasteiger partial charge in [0.15, 0.2) is 0 Å². The number of nitrogens with two attached hydrogens (primary N) is 1. The molecule has 0 spiro atoms. The fourth-order valence-corrected chi connectivity index (χ4v) is 4.47. The highest BCUT2D eigenvalue weighted by Gasteiger charge is 2.24. The summed E-state index contributed by atoms with van der Waals surface area (Å²) in [4.78, 5) is 10.7. The van der Waals surface area contributed by atoms with E-state index in [9.17, 15) is 17.6 Å². The van der Waals surface area contributed by atoms with Gasteiger partial charge in [-0.1, -0.05) is 6.07 Å². The van der Waals surface area contributed by atoms with Crippen LogP contribution < -0.4 is 10.5 Å². The van der Waals surface area contributed by atoms with Gasteiger partial charge in [-0.05, 0) is 46.6 Å². The van der Waals surface area contributed by atoms with Gasteiger partial charge in [0.2, 0.25) is 5.91 Å². The Morgan fingerprint density at radius 2 is 2.04 bits per heavy atom. The summed E-state index contributed by atoms with van der Waals surface area (Å²) < 4.78 is 50.1. The van der Waals surface area contributed by atoms with Gasteiger partial charge in [0.1, 0.15) is 21.7 Å². The summed E-state index contributed by atoms with van der Waals surface area (Å²) in [5.41, 5.74) is 6.72. The molecule has 0 radical (unpaired) electrons. The molecule has 0 bridgehead atoms. The van der Waals surface area contributed by atoms with Crippen molar-refractivity contribution in [3.05, 3.63) is 45.7 Å². The molecule has 1 amide bonds. The van der Waals surface area contributed by atoms with E-state index in [1.54, 1.807) is 19.1 Å². The number of amides is 1. The number of hydrogen-bond acceptors (Lipinski definition) is 6. The first-order valence-corrected chi connectivity index (χ1v) is 9.75. The van der Waals surface area contributed by atoms with Crippen molar-refractivity contribution in [3.8, 4) is 0 Å². The molecular weight excluding hydrogens is 435 g/mol. The molecule has 0 aliphatic rings. The number of primary amides is 1. The first-order valence-electron chi connectivity index (χ1n) is 6.74. The number of hydrogen-bond donors (Lipinski definition) is 2. The van der Waals surface area contributed by atoms with E-state index >= 15 is 0 Å². The van der Waals surface area contributed by atoms with E-state index < -0.39 is 26.6 Å². The SMILES string of the molecule is Cc1ccc2nsnc2c1NS(=O)(=O)c1cc(C(N)=O)c(Br)cc1F. The van der Waals surface area contributed by atoms with Crippen LogP contribution >= 0.6 is 27.7 Å². The van der Waals surface area contributed by atoms with E-state index in [4.69, 9.17) is 5.73 Å². The zero-order valence-corrected chi connectivity index (χ0v) is 15.8. The Morgan fingerprint density at radius 3 is 2.72 bits per heavy atom. The minimum atomic E-state index is -4.33. The highest BCUT2D eigenvalue weighted by atomic mass is 79.9. The van der Waals surface area contributed by atoms with Crippen LogP contribution in [0.2, 0.25) is 0 Å². The zero-order chi connectivity index (χ0) is 18.4. The molecule has 25 heavy (non-hydrogen) atoms. The van der Waals surface area contributed by atoms with Crippen LogP contribution in [-0.2, 0) is 10.0 Å². The standard InChI is InChI=1S/C14H10BrFN4O3S2/c1-6-2-3-10-13(19-24-18-10)12(6)20-25(22,23)11-4-7(14(17)21)8(15)5-9(11)16/h2-5,20H,1H3,(H2,17,21). The molecule has 0 aliphatic heterocycles. The highest BCUT2D eigenvalue weighted by Crippen LogP contribution is 2.30. The number of carbonyl (C=O) groups excluding carboxylic acids is 1. The van der Waals surface area contributed by atoms with Crippen LogP contribution in [0.25, 0.3) is 11.0 Å². The third-order valence-corrected chi connectivity index (χ3v) is 6.01. The van der Waals surface area contributed by atoms with Crippen molar-refractivity contribution < 1.29 is 17.6 Å². The number of nitrogens with zero attached hydrogens (tertiary/aromatic N) is 2. The number of benzene rings is 2. The molecule has 3 aromatic rings. The van der Waals surface area contributed by atoms with Gasteiger partial charge in [-0.25, -0.2) is 12.8 Å². The van der Waals surface area contributed by atoms with Crippen LogP contribution in [0.4, 0.5) is 10.1 Å². The van der Waals surface area contributed by atoms with E-state index in [1.165, 1.54) is 0 Å². The second-order valence-corrected chi connectivity index (χ2v) is 8.16. The Balaban J connectivity index is 2.14. The minimum Gasteiger partial charge on any atom is -0.366 e. The van der Waals surface area contributed by atoms with Gasteiger partial charge in [0.05, 0.1) is 23.0 Å². The normalized spacial score (nSPS) is 11.6. The predicted octanol–water partition coefficient (Wildman–Crippen LogP) is 2.80. The molecule has 3 rings (SSSR count). The van der Waals surface area contributed by atoms with Crippen LogP contribution in [0.3, 0.4) is 0 Å². The van der Waals surface area contributed by atoms with Gasteiger partial charge in [0, 0.05) is 4.47 Å². The van der Waals surface area contributed by atoms with Gasteiger partial charge < -0.3 is 5.73 Å². The van der Waals surface area contributed by atoms with Crippen LogP contribution in [0.15, 0.2) is 33.6 Å². The fourth-order valence-electron chi connectivity index (χ4n) is 2.19. The summed E-state index contributed by atoms with van der Waals surface area (Å²) in [6.07, 6.45) is 0. The number of aromatic nitrogens is 2. The van der Waals surface area contributed by atoms with E-state index in [1.807, 2.05) is 0 Å². The summed E-state index contributed by atoms with van der Waals surface area (Å²) in [6, 6.07) is 5.15. The van der Waals surface area contributed by atoms with Gasteiger partial charge in [-0.2, -0.15) is 8.75 Å². The number of anilines is 1. The minimum absolute atomic E-state index is 0.0680. The van der Waals surface area contributed by atoms with Crippen molar-refractivity contribution >= 4 is 60.3 Å². The molecule has 1 heterocycles. The second kappa shape index (κ2) is 6.32. The molecule has 0 unspecified atom stereocenters. The quantitative estimate of drug-likeness (QED) is 0.641. The Bertz CT molecular complexity index is 1110. The summed E-state index contributed by atoms with van der Waals surface area (Å²) in [6.45, 7) is 1.68.